The molecule has 0 spiro atoms. The van der Waals surface area contributed by atoms with E-state index in [4.69, 9.17) is 23.2 Å². The Morgan fingerprint density at radius 2 is 2.04 bits per heavy atom. The highest BCUT2D eigenvalue weighted by Crippen LogP contribution is 2.27. The molecule has 0 radical (unpaired) electrons. The second-order valence-electron chi connectivity index (χ2n) is 6.91. The number of aromatic amines is 1. The summed E-state index contributed by atoms with van der Waals surface area (Å²) in [6.07, 6.45) is 1.25. The number of hydrogen-bond donors (Lipinski definition) is 1. The van der Waals surface area contributed by atoms with Gasteiger partial charge in [-0.05, 0) is 43.9 Å². The summed E-state index contributed by atoms with van der Waals surface area (Å²) in [7, 11) is -2.95. The number of H-pyrrole nitrogens is 1. The molecule has 1 N–H and O–H groups in total. The highest BCUT2D eigenvalue weighted by Gasteiger charge is 2.29. The van der Waals surface area contributed by atoms with Crippen molar-refractivity contribution < 1.29 is 13.2 Å². The van der Waals surface area contributed by atoms with Crippen molar-refractivity contribution in [1.82, 2.24) is 15.1 Å². The number of halogens is 2. The van der Waals surface area contributed by atoms with Crippen molar-refractivity contribution in [3.8, 4) is 0 Å². The summed E-state index contributed by atoms with van der Waals surface area (Å²) in [6, 6.07) is 6.90. The Bertz CT molecular complexity index is 923. The maximum Gasteiger partial charge on any atom is 0.272 e. The normalized spacial score (nSPS) is 18.6. The Morgan fingerprint density at radius 1 is 1.33 bits per heavy atom. The fourth-order valence-corrected chi connectivity index (χ4v) is 5.69. The third-order valence-electron chi connectivity index (χ3n) is 4.77. The minimum absolute atomic E-state index is 0.0653. The second-order valence-corrected chi connectivity index (χ2v) is 9.95. The van der Waals surface area contributed by atoms with Crippen LogP contribution in [0.15, 0.2) is 24.3 Å². The van der Waals surface area contributed by atoms with Crippen LogP contribution < -0.4 is 0 Å². The zero-order valence-electron chi connectivity index (χ0n) is 14.9. The Labute approximate surface area is 168 Å². The van der Waals surface area contributed by atoms with E-state index in [1.165, 1.54) is 0 Å². The van der Waals surface area contributed by atoms with Crippen molar-refractivity contribution in [2.45, 2.75) is 26.3 Å². The smallest absolute Gasteiger partial charge is 0.272 e. The average Bonchev–Trinajstić information content (AvgIpc) is 3.18. The number of carbonyl (C=O) groups excluding carboxylic acids is 1. The molecule has 2 aromatic rings. The minimum atomic E-state index is -2.95. The number of hydrogen-bond acceptors (Lipinski definition) is 4. The van der Waals surface area contributed by atoms with Gasteiger partial charge in [-0.25, -0.2) is 8.42 Å². The first-order valence-electron chi connectivity index (χ1n) is 8.70. The molecule has 9 heteroatoms. The molecule has 6 nitrogen and oxygen atoms in total. The molecule has 0 bridgehead atoms. The van der Waals surface area contributed by atoms with Gasteiger partial charge in [0, 0.05) is 28.7 Å². The zero-order valence-corrected chi connectivity index (χ0v) is 17.2. The van der Waals surface area contributed by atoms with E-state index in [2.05, 4.69) is 10.2 Å². The molecule has 1 aliphatic heterocycles. The van der Waals surface area contributed by atoms with Crippen molar-refractivity contribution >= 4 is 38.9 Å². The van der Waals surface area contributed by atoms with Crippen molar-refractivity contribution in [3.05, 3.63) is 51.3 Å². The maximum absolute atomic E-state index is 13.0. The van der Waals surface area contributed by atoms with E-state index in [0.717, 1.165) is 5.69 Å². The number of rotatable bonds is 6. The van der Waals surface area contributed by atoms with E-state index < -0.39 is 9.84 Å². The van der Waals surface area contributed by atoms with E-state index in [1.807, 2.05) is 0 Å². The van der Waals surface area contributed by atoms with Gasteiger partial charge in [-0.15, -0.1) is 0 Å². The zero-order chi connectivity index (χ0) is 19.6. The lowest BCUT2D eigenvalue weighted by Crippen LogP contribution is -2.33. The quantitative estimate of drug-likeness (QED) is 0.761. The number of amides is 1. The van der Waals surface area contributed by atoms with Gasteiger partial charge in [-0.1, -0.05) is 29.3 Å². The number of nitrogens with zero attached hydrogens (tertiary/aromatic N) is 2. The average molecular weight is 430 g/mol. The SMILES string of the molecule is Cc1cc(C(=O)N(CCC2CCS(=O)(=O)C2)Cc2c(Cl)cccc2Cl)[nH]n1. The molecule has 0 saturated carbocycles. The van der Waals surface area contributed by atoms with Crippen LogP contribution in [0.2, 0.25) is 10.0 Å². The van der Waals surface area contributed by atoms with Gasteiger partial charge in [0.05, 0.1) is 17.2 Å². The Kier molecular flexibility index (Phi) is 6.13. The van der Waals surface area contributed by atoms with Crippen molar-refractivity contribution in [2.24, 2.45) is 5.92 Å². The van der Waals surface area contributed by atoms with Gasteiger partial charge in [-0.3, -0.25) is 9.89 Å². The van der Waals surface area contributed by atoms with Gasteiger partial charge in [0.1, 0.15) is 5.69 Å². The standard InChI is InChI=1S/C18H21Cl2N3O3S/c1-12-9-17(22-21-12)18(24)23(7-5-13-6-8-27(25,26)11-13)10-14-15(19)3-2-4-16(14)20/h2-4,9,13H,5-8,10-11H2,1H3,(H,21,22). The van der Waals surface area contributed by atoms with Crippen LogP contribution in [0.1, 0.15) is 34.6 Å². The van der Waals surface area contributed by atoms with E-state index in [-0.39, 0.29) is 29.9 Å². The highest BCUT2D eigenvalue weighted by atomic mass is 35.5. The van der Waals surface area contributed by atoms with Crippen LogP contribution in [-0.2, 0) is 16.4 Å². The van der Waals surface area contributed by atoms with Crippen LogP contribution in [0, 0.1) is 12.8 Å². The number of aromatic nitrogens is 2. The van der Waals surface area contributed by atoms with Crippen molar-refractivity contribution in [3.63, 3.8) is 0 Å². The lowest BCUT2D eigenvalue weighted by Gasteiger charge is -2.24. The second kappa shape index (κ2) is 8.20. The van der Waals surface area contributed by atoms with Crippen LogP contribution in [-0.4, -0.2) is 47.5 Å². The Hall–Kier alpha value is -1.57. The van der Waals surface area contributed by atoms with Gasteiger partial charge < -0.3 is 4.90 Å². The van der Waals surface area contributed by atoms with Gasteiger partial charge >= 0.3 is 0 Å². The predicted octanol–water partition coefficient (Wildman–Crippen LogP) is 3.49. The molecule has 2 heterocycles. The molecule has 146 valence electrons. The van der Waals surface area contributed by atoms with E-state index in [9.17, 15) is 13.2 Å². The van der Waals surface area contributed by atoms with Gasteiger partial charge in [-0.2, -0.15) is 5.10 Å². The summed E-state index contributed by atoms with van der Waals surface area (Å²) >= 11 is 12.5. The van der Waals surface area contributed by atoms with Crippen LogP contribution in [0.5, 0.6) is 0 Å². The van der Waals surface area contributed by atoms with Gasteiger partial charge in [0.15, 0.2) is 9.84 Å². The first-order valence-corrected chi connectivity index (χ1v) is 11.3. The van der Waals surface area contributed by atoms with E-state index in [0.29, 0.717) is 40.7 Å². The molecule has 1 saturated heterocycles. The van der Waals surface area contributed by atoms with Crippen LogP contribution in [0.25, 0.3) is 0 Å². The molecule has 0 aliphatic carbocycles. The number of aryl methyl sites for hydroxylation is 1. The molecule has 27 heavy (non-hydrogen) atoms. The molecule has 1 unspecified atom stereocenters. The van der Waals surface area contributed by atoms with Gasteiger partial charge in [0.2, 0.25) is 0 Å². The number of sulfone groups is 1. The van der Waals surface area contributed by atoms with Crippen LogP contribution in [0.4, 0.5) is 0 Å². The fraction of sp³-hybridized carbons (Fsp3) is 0.444. The van der Waals surface area contributed by atoms with Gasteiger partial charge in [0.25, 0.3) is 5.91 Å². The molecular formula is C18H21Cl2N3O3S. The molecule has 1 fully saturated rings. The fourth-order valence-electron chi connectivity index (χ4n) is 3.27. The minimum Gasteiger partial charge on any atom is -0.333 e. The van der Waals surface area contributed by atoms with E-state index in [1.54, 1.807) is 36.1 Å². The Morgan fingerprint density at radius 3 is 2.59 bits per heavy atom. The van der Waals surface area contributed by atoms with Crippen molar-refractivity contribution in [1.29, 1.82) is 0 Å². The molecule has 1 aromatic carbocycles. The third-order valence-corrected chi connectivity index (χ3v) is 7.31. The molecular weight excluding hydrogens is 409 g/mol. The first kappa shape index (κ1) is 20.2. The summed E-state index contributed by atoms with van der Waals surface area (Å²) in [6.45, 7) is 2.46. The molecule has 1 aromatic heterocycles. The molecule has 1 aliphatic rings. The van der Waals surface area contributed by atoms with E-state index >= 15 is 0 Å². The maximum atomic E-state index is 13.0. The highest BCUT2D eigenvalue weighted by molar-refractivity contribution is 7.91. The van der Waals surface area contributed by atoms with Crippen molar-refractivity contribution in [2.75, 3.05) is 18.1 Å². The molecule has 1 amide bonds. The number of nitrogens with one attached hydrogen (secondary N) is 1. The predicted molar refractivity (Wildman–Crippen MR) is 106 cm³/mol. The topological polar surface area (TPSA) is 83.1 Å². The lowest BCUT2D eigenvalue weighted by molar-refractivity contribution is 0.0729. The molecule has 3 rings (SSSR count). The summed E-state index contributed by atoms with van der Waals surface area (Å²) in [5.41, 5.74) is 1.77. The van der Waals surface area contributed by atoms with Crippen LogP contribution >= 0.6 is 23.2 Å². The molecule has 1 atom stereocenters. The number of carbonyl (C=O) groups is 1. The third kappa shape index (κ3) is 5.03. The lowest BCUT2D eigenvalue weighted by atomic mass is 10.0. The largest absolute Gasteiger partial charge is 0.333 e. The summed E-state index contributed by atoms with van der Waals surface area (Å²) in [5.74, 6) is 0.259. The monoisotopic (exact) mass is 429 g/mol. The summed E-state index contributed by atoms with van der Waals surface area (Å²) in [5, 5.41) is 7.73. The number of benzene rings is 1. The summed E-state index contributed by atoms with van der Waals surface area (Å²) in [4.78, 5) is 14.6. The summed E-state index contributed by atoms with van der Waals surface area (Å²) < 4.78 is 23.4. The first-order chi connectivity index (χ1) is 12.7. The van der Waals surface area contributed by atoms with Crippen LogP contribution in [0.3, 0.4) is 0 Å². The Balaban J connectivity index is 1.79.